The van der Waals surface area contributed by atoms with Crippen LogP contribution in [-0.4, -0.2) is 39.8 Å². The second-order valence-electron chi connectivity index (χ2n) is 8.76. The summed E-state index contributed by atoms with van der Waals surface area (Å²) in [5.74, 6) is 0.952. The minimum Gasteiger partial charge on any atom is -0.347 e. The average molecular weight is 427 g/mol. The SMILES string of the molecule is O=C(CCC1CCCC1)NCC(=O)N1CCCCC1c1ncc(-c2cccc(F)c2)[nH]1. The molecule has 2 fully saturated rings. The van der Waals surface area contributed by atoms with E-state index in [0.717, 1.165) is 36.9 Å². The van der Waals surface area contributed by atoms with E-state index < -0.39 is 0 Å². The van der Waals surface area contributed by atoms with Crippen molar-refractivity contribution < 1.29 is 14.0 Å². The number of imidazole rings is 1. The first-order valence-corrected chi connectivity index (χ1v) is 11.5. The number of benzene rings is 1. The zero-order chi connectivity index (χ0) is 21.6. The zero-order valence-corrected chi connectivity index (χ0v) is 17.9. The third-order valence-electron chi connectivity index (χ3n) is 6.56. The standard InChI is InChI=1S/C24H31FN4O2/c25-19-9-5-8-18(14-19)20-15-27-24(28-20)21-10-3-4-13-29(21)23(31)16-26-22(30)12-11-17-6-1-2-7-17/h5,8-9,14-15,17,21H,1-4,6-7,10-13,16H2,(H,26,30)(H,27,28). The molecule has 31 heavy (non-hydrogen) atoms. The molecule has 1 saturated heterocycles. The maximum atomic E-state index is 13.6. The molecular formula is C24H31FN4O2. The van der Waals surface area contributed by atoms with Gasteiger partial charge in [-0.05, 0) is 43.7 Å². The Morgan fingerprint density at radius 2 is 1.97 bits per heavy atom. The first-order chi connectivity index (χ1) is 15.1. The van der Waals surface area contributed by atoms with E-state index in [1.54, 1.807) is 12.3 Å². The average Bonchev–Trinajstić information content (AvgIpc) is 3.48. The number of carbonyl (C=O) groups excluding carboxylic acids is 2. The van der Waals surface area contributed by atoms with Gasteiger partial charge in [0, 0.05) is 18.5 Å². The van der Waals surface area contributed by atoms with Crippen molar-refractivity contribution in [3.8, 4) is 11.3 Å². The third kappa shape index (κ3) is 5.51. The molecule has 2 aromatic rings. The van der Waals surface area contributed by atoms with Crippen molar-refractivity contribution >= 4 is 11.8 Å². The molecule has 1 aromatic carbocycles. The number of nitrogens with zero attached hydrogens (tertiary/aromatic N) is 2. The lowest BCUT2D eigenvalue weighted by Crippen LogP contribution is -2.44. The largest absolute Gasteiger partial charge is 0.347 e. The number of piperidine rings is 1. The highest BCUT2D eigenvalue weighted by molar-refractivity contribution is 5.85. The molecule has 2 heterocycles. The molecule has 7 heteroatoms. The summed E-state index contributed by atoms with van der Waals surface area (Å²) < 4.78 is 13.6. The first kappa shape index (κ1) is 21.5. The molecule has 1 aliphatic carbocycles. The number of halogens is 1. The Kier molecular flexibility index (Phi) is 6.99. The summed E-state index contributed by atoms with van der Waals surface area (Å²) in [6.07, 6.45) is 10.9. The Bertz CT molecular complexity index is 906. The van der Waals surface area contributed by atoms with Gasteiger partial charge in [-0.3, -0.25) is 9.59 Å². The van der Waals surface area contributed by atoms with E-state index in [-0.39, 0.29) is 30.2 Å². The Balaban J connectivity index is 1.34. The number of rotatable bonds is 7. The molecule has 6 nitrogen and oxygen atoms in total. The smallest absolute Gasteiger partial charge is 0.242 e. The van der Waals surface area contributed by atoms with Crippen molar-refractivity contribution in [3.63, 3.8) is 0 Å². The van der Waals surface area contributed by atoms with Crippen molar-refractivity contribution in [2.75, 3.05) is 13.1 Å². The van der Waals surface area contributed by atoms with Gasteiger partial charge in [-0.2, -0.15) is 0 Å². The van der Waals surface area contributed by atoms with Crippen LogP contribution < -0.4 is 5.32 Å². The van der Waals surface area contributed by atoms with Crippen LogP contribution in [0.3, 0.4) is 0 Å². The van der Waals surface area contributed by atoms with Gasteiger partial charge >= 0.3 is 0 Å². The van der Waals surface area contributed by atoms with Crippen LogP contribution >= 0.6 is 0 Å². The van der Waals surface area contributed by atoms with E-state index in [4.69, 9.17) is 0 Å². The van der Waals surface area contributed by atoms with Crippen LogP contribution in [0.4, 0.5) is 4.39 Å². The highest BCUT2D eigenvalue weighted by atomic mass is 19.1. The maximum Gasteiger partial charge on any atom is 0.242 e. The second kappa shape index (κ2) is 10.1. The molecule has 166 valence electrons. The molecule has 1 saturated carbocycles. The van der Waals surface area contributed by atoms with Crippen LogP contribution in [0, 0.1) is 11.7 Å². The minimum absolute atomic E-state index is 0.0253. The number of hydrogen-bond donors (Lipinski definition) is 2. The predicted molar refractivity (Wildman–Crippen MR) is 116 cm³/mol. The third-order valence-corrected chi connectivity index (χ3v) is 6.56. The maximum absolute atomic E-state index is 13.6. The fourth-order valence-electron chi connectivity index (χ4n) is 4.82. The summed E-state index contributed by atoms with van der Waals surface area (Å²) in [6, 6.07) is 6.20. The molecule has 1 unspecified atom stereocenters. The van der Waals surface area contributed by atoms with Gasteiger partial charge in [-0.15, -0.1) is 0 Å². The second-order valence-corrected chi connectivity index (χ2v) is 8.76. The summed E-state index contributed by atoms with van der Waals surface area (Å²) in [5.41, 5.74) is 1.45. The molecule has 4 rings (SSSR count). The number of likely N-dealkylation sites (tertiary alicyclic amines) is 1. The lowest BCUT2D eigenvalue weighted by atomic mass is 10.0. The fourth-order valence-corrected chi connectivity index (χ4v) is 4.82. The van der Waals surface area contributed by atoms with Gasteiger partial charge < -0.3 is 15.2 Å². The van der Waals surface area contributed by atoms with Crippen molar-refractivity contribution in [3.05, 3.63) is 42.1 Å². The number of H-pyrrole nitrogens is 1. The number of aromatic nitrogens is 2. The van der Waals surface area contributed by atoms with Crippen LogP contribution in [0.5, 0.6) is 0 Å². The van der Waals surface area contributed by atoms with Gasteiger partial charge in [0.05, 0.1) is 24.5 Å². The topological polar surface area (TPSA) is 78.1 Å². The van der Waals surface area contributed by atoms with Gasteiger partial charge in [0.25, 0.3) is 0 Å². The van der Waals surface area contributed by atoms with Crippen molar-refractivity contribution in [1.82, 2.24) is 20.2 Å². The van der Waals surface area contributed by atoms with Crippen LogP contribution in [0.25, 0.3) is 11.3 Å². The summed E-state index contributed by atoms with van der Waals surface area (Å²) >= 11 is 0. The van der Waals surface area contributed by atoms with Crippen molar-refractivity contribution in [1.29, 1.82) is 0 Å². The Hall–Kier alpha value is -2.70. The Morgan fingerprint density at radius 1 is 1.16 bits per heavy atom. The summed E-state index contributed by atoms with van der Waals surface area (Å²) in [5, 5.41) is 2.81. The predicted octanol–water partition coefficient (Wildman–Crippen LogP) is 4.36. The van der Waals surface area contributed by atoms with Crippen molar-refractivity contribution in [2.45, 2.75) is 63.8 Å². The zero-order valence-electron chi connectivity index (χ0n) is 17.9. The minimum atomic E-state index is -0.299. The van der Waals surface area contributed by atoms with Gasteiger partial charge in [-0.1, -0.05) is 37.8 Å². The van der Waals surface area contributed by atoms with E-state index in [9.17, 15) is 14.0 Å². The number of amides is 2. The van der Waals surface area contributed by atoms with E-state index in [0.29, 0.717) is 24.7 Å². The van der Waals surface area contributed by atoms with Crippen LogP contribution in [0.1, 0.15) is 69.7 Å². The van der Waals surface area contributed by atoms with Gasteiger partial charge in [0.2, 0.25) is 11.8 Å². The first-order valence-electron chi connectivity index (χ1n) is 11.5. The van der Waals surface area contributed by atoms with E-state index >= 15 is 0 Å². The summed E-state index contributed by atoms with van der Waals surface area (Å²) in [6.45, 7) is 0.676. The molecular weight excluding hydrogens is 395 g/mol. The van der Waals surface area contributed by atoms with Crippen LogP contribution in [-0.2, 0) is 9.59 Å². The molecule has 2 amide bonds. The lowest BCUT2D eigenvalue weighted by molar-refractivity contribution is -0.136. The normalized spacial score (nSPS) is 19.5. The summed E-state index contributed by atoms with van der Waals surface area (Å²) in [4.78, 5) is 34.7. The lowest BCUT2D eigenvalue weighted by Gasteiger charge is -2.34. The van der Waals surface area contributed by atoms with E-state index in [1.165, 1.54) is 37.8 Å². The van der Waals surface area contributed by atoms with Gasteiger partial charge in [-0.25, -0.2) is 9.37 Å². The Morgan fingerprint density at radius 3 is 2.77 bits per heavy atom. The van der Waals surface area contributed by atoms with E-state index in [1.807, 2.05) is 11.0 Å². The molecule has 0 spiro atoms. The molecule has 1 atom stereocenters. The molecule has 2 N–H and O–H groups in total. The molecule has 0 bridgehead atoms. The highest BCUT2D eigenvalue weighted by Gasteiger charge is 2.30. The number of hydrogen-bond acceptors (Lipinski definition) is 3. The quantitative estimate of drug-likeness (QED) is 0.691. The fraction of sp³-hybridized carbons (Fsp3) is 0.542. The molecule has 1 aromatic heterocycles. The number of carbonyl (C=O) groups is 2. The van der Waals surface area contributed by atoms with Gasteiger partial charge in [0.15, 0.2) is 0 Å². The number of nitrogens with one attached hydrogen (secondary N) is 2. The molecule has 0 radical (unpaired) electrons. The van der Waals surface area contributed by atoms with Crippen molar-refractivity contribution in [2.24, 2.45) is 5.92 Å². The number of aromatic amines is 1. The highest BCUT2D eigenvalue weighted by Crippen LogP contribution is 2.31. The molecule has 2 aliphatic rings. The molecule has 1 aliphatic heterocycles. The monoisotopic (exact) mass is 426 g/mol. The summed E-state index contributed by atoms with van der Waals surface area (Å²) in [7, 11) is 0. The van der Waals surface area contributed by atoms with E-state index in [2.05, 4.69) is 15.3 Å². The van der Waals surface area contributed by atoms with Crippen LogP contribution in [0.2, 0.25) is 0 Å². The Labute approximate surface area is 182 Å². The van der Waals surface area contributed by atoms with Gasteiger partial charge in [0.1, 0.15) is 11.6 Å². The van der Waals surface area contributed by atoms with Crippen LogP contribution in [0.15, 0.2) is 30.5 Å².